The molecule has 16 heavy (non-hydrogen) atoms. The van der Waals surface area contributed by atoms with Crippen LogP contribution >= 0.6 is 0 Å². The van der Waals surface area contributed by atoms with E-state index in [1.54, 1.807) is 6.08 Å². The van der Waals surface area contributed by atoms with Crippen molar-refractivity contribution in [1.29, 1.82) is 0 Å². The molecule has 0 radical (unpaired) electrons. The van der Waals surface area contributed by atoms with Gasteiger partial charge in [-0.25, -0.2) is 0 Å². The predicted molar refractivity (Wildman–Crippen MR) is 64.1 cm³/mol. The summed E-state index contributed by atoms with van der Waals surface area (Å²) in [5.41, 5.74) is 1.11. The molecule has 0 aliphatic rings. The average molecular weight is 219 g/mol. The van der Waals surface area contributed by atoms with Crippen molar-refractivity contribution in [2.75, 3.05) is 7.05 Å². The molecule has 0 saturated carbocycles. The Morgan fingerprint density at radius 2 is 2.12 bits per heavy atom. The highest BCUT2D eigenvalue weighted by molar-refractivity contribution is 5.73. The molecule has 3 heteroatoms. The first-order valence-electron chi connectivity index (χ1n) is 5.23. The Morgan fingerprint density at radius 1 is 1.50 bits per heavy atom. The maximum Gasteiger partial charge on any atom is 0.321 e. The Kier molecular flexibility index (Phi) is 4.73. The van der Waals surface area contributed by atoms with E-state index >= 15 is 0 Å². The molecule has 0 fully saturated rings. The van der Waals surface area contributed by atoms with Gasteiger partial charge < -0.3 is 5.11 Å². The minimum absolute atomic E-state index is 0.457. The van der Waals surface area contributed by atoms with Gasteiger partial charge in [0.05, 0.1) is 0 Å². The van der Waals surface area contributed by atoms with Gasteiger partial charge in [-0.3, -0.25) is 9.69 Å². The number of nitrogens with zero attached hydrogens (tertiary/aromatic N) is 1. The molecule has 0 bridgehead atoms. The van der Waals surface area contributed by atoms with E-state index in [4.69, 9.17) is 5.11 Å². The molecule has 1 aromatic rings. The Bertz CT molecular complexity index is 348. The Balaban J connectivity index is 2.65. The molecule has 0 amide bonds. The van der Waals surface area contributed by atoms with Gasteiger partial charge in [0.1, 0.15) is 6.04 Å². The summed E-state index contributed by atoms with van der Waals surface area (Å²) >= 11 is 0. The molecule has 1 atom stereocenters. The largest absolute Gasteiger partial charge is 0.480 e. The molecule has 0 aromatic heterocycles. The number of carboxylic acids is 1. The van der Waals surface area contributed by atoms with Crippen LogP contribution in [0.2, 0.25) is 0 Å². The van der Waals surface area contributed by atoms with Crippen LogP contribution in [0.5, 0.6) is 0 Å². The zero-order valence-electron chi connectivity index (χ0n) is 9.47. The van der Waals surface area contributed by atoms with Gasteiger partial charge in [-0.15, -0.1) is 6.58 Å². The van der Waals surface area contributed by atoms with Gasteiger partial charge in [0.2, 0.25) is 0 Å². The number of benzene rings is 1. The molecule has 0 aliphatic heterocycles. The second-order valence-electron chi connectivity index (χ2n) is 3.78. The van der Waals surface area contributed by atoms with Crippen molar-refractivity contribution in [3.8, 4) is 0 Å². The van der Waals surface area contributed by atoms with E-state index in [9.17, 15) is 4.79 Å². The number of carbonyl (C=O) groups is 1. The molecule has 86 valence electrons. The summed E-state index contributed by atoms with van der Waals surface area (Å²) in [6.07, 6.45) is 2.10. The van der Waals surface area contributed by atoms with Crippen molar-refractivity contribution < 1.29 is 9.90 Å². The molecule has 1 unspecified atom stereocenters. The highest BCUT2D eigenvalue weighted by Crippen LogP contribution is 2.09. The van der Waals surface area contributed by atoms with Gasteiger partial charge in [-0.1, -0.05) is 36.4 Å². The van der Waals surface area contributed by atoms with Crippen LogP contribution < -0.4 is 0 Å². The summed E-state index contributed by atoms with van der Waals surface area (Å²) in [5.74, 6) is -0.807. The molecule has 0 aliphatic carbocycles. The number of carboxylic acid groups (broad SMARTS) is 1. The molecule has 0 heterocycles. The third kappa shape index (κ3) is 3.51. The lowest BCUT2D eigenvalue weighted by atomic mass is 10.1. The zero-order valence-corrected chi connectivity index (χ0v) is 9.47. The Labute approximate surface area is 96.0 Å². The SMILES string of the molecule is C=CCC(C(=O)O)N(C)Cc1ccccc1. The van der Waals surface area contributed by atoms with Gasteiger partial charge in [0.25, 0.3) is 0 Å². The predicted octanol–water partition coefficient (Wildman–Crippen LogP) is 2.15. The topological polar surface area (TPSA) is 40.5 Å². The standard InChI is InChI=1S/C13H17NO2/c1-3-7-12(13(15)16)14(2)10-11-8-5-4-6-9-11/h3-6,8-9,12H,1,7,10H2,2H3,(H,15,16). The van der Waals surface area contributed by atoms with Gasteiger partial charge in [-0.2, -0.15) is 0 Å². The van der Waals surface area contributed by atoms with Crippen LogP contribution in [0.3, 0.4) is 0 Å². The summed E-state index contributed by atoms with van der Waals surface area (Å²) in [4.78, 5) is 12.9. The summed E-state index contributed by atoms with van der Waals surface area (Å²) in [6.45, 7) is 4.21. The van der Waals surface area contributed by atoms with E-state index in [-0.39, 0.29) is 0 Å². The van der Waals surface area contributed by atoms with Crippen LogP contribution in [-0.4, -0.2) is 29.1 Å². The number of hydrogen-bond acceptors (Lipinski definition) is 2. The quantitative estimate of drug-likeness (QED) is 0.745. The molecule has 1 rings (SSSR count). The van der Waals surface area contributed by atoms with Gasteiger partial charge in [0, 0.05) is 6.54 Å². The molecule has 1 aromatic carbocycles. The molecular formula is C13H17NO2. The lowest BCUT2D eigenvalue weighted by molar-refractivity contribution is -0.142. The molecule has 0 saturated heterocycles. The lowest BCUT2D eigenvalue weighted by Gasteiger charge is -2.23. The molecule has 1 N–H and O–H groups in total. The number of likely N-dealkylation sites (N-methyl/N-ethyl adjacent to an activating group) is 1. The van der Waals surface area contributed by atoms with Crippen molar-refractivity contribution >= 4 is 5.97 Å². The minimum Gasteiger partial charge on any atom is -0.480 e. The fraction of sp³-hybridized carbons (Fsp3) is 0.308. The van der Waals surface area contributed by atoms with Crippen molar-refractivity contribution in [3.63, 3.8) is 0 Å². The zero-order chi connectivity index (χ0) is 12.0. The monoisotopic (exact) mass is 219 g/mol. The maximum atomic E-state index is 11.0. The van der Waals surface area contributed by atoms with Crippen LogP contribution in [0.25, 0.3) is 0 Å². The average Bonchev–Trinajstić information content (AvgIpc) is 2.26. The first-order valence-corrected chi connectivity index (χ1v) is 5.23. The van der Waals surface area contributed by atoms with Crippen LogP contribution in [0.1, 0.15) is 12.0 Å². The van der Waals surface area contributed by atoms with Crippen LogP contribution in [-0.2, 0) is 11.3 Å². The lowest BCUT2D eigenvalue weighted by Crippen LogP contribution is -2.37. The van der Waals surface area contributed by atoms with E-state index in [0.29, 0.717) is 13.0 Å². The van der Waals surface area contributed by atoms with Crippen molar-refractivity contribution in [2.45, 2.75) is 19.0 Å². The van der Waals surface area contributed by atoms with E-state index in [2.05, 4.69) is 6.58 Å². The highest BCUT2D eigenvalue weighted by atomic mass is 16.4. The third-order valence-corrected chi connectivity index (χ3v) is 2.48. The van der Waals surface area contributed by atoms with Crippen LogP contribution in [0.4, 0.5) is 0 Å². The molecule has 0 spiro atoms. The Morgan fingerprint density at radius 3 is 2.62 bits per heavy atom. The minimum atomic E-state index is -0.807. The van der Waals surface area contributed by atoms with Gasteiger partial charge >= 0.3 is 5.97 Å². The summed E-state index contributed by atoms with van der Waals surface area (Å²) < 4.78 is 0. The van der Waals surface area contributed by atoms with E-state index in [0.717, 1.165) is 5.56 Å². The number of hydrogen-bond donors (Lipinski definition) is 1. The Hall–Kier alpha value is -1.61. The van der Waals surface area contributed by atoms with Crippen molar-refractivity contribution in [3.05, 3.63) is 48.6 Å². The van der Waals surface area contributed by atoms with Gasteiger partial charge in [-0.05, 0) is 19.0 Å². The summed E-state index contributed by atoms with van der Waals surface area (Å²) in [5, 5.41) is 9.06. The van der Waals surface area contributed by atoms with Crippen LogP contribution in [0, 0.1) is 0 Å². The molecule has 3 nitrogen and oxygen atoms in total. The number of aliphatic carboxylic acids is 1. The van der Waals surface area contributed by atoms with Crippen molar-refractivity contribution in [1.82, 2.24) is 4.90 Å². The van der Waals surface area contributed by atoms with E-state index in [1.807, 2.05) is 42.3 Å². The number of rotatable bonds is 6. The third-order valence-electron chi connectivity index (χ3n) is 2.48. The first kappa shape index (κ1) is 12.5. The highest BCUT2D eigenvalue weighted by Gasteiger charge is 2.20. The summed E-state index contributed by atoms with van der Waals surface area (Å²) in [7, 11) is 1.81. The normalized spacial score (nSPS) is 12.4. The maximum absolute atomic E-state index is 11.0. The second-order valence-corrected chi connectivity index (χ2v) is 3.78. The smallest absolute Gasteiger partial charge is 0.321 e. The summed E-state index contributed by atoms with van der Waals surface area (Å²) in [6, 6.07) is 9.32. The van der Waals surface area contributed by atoms with E-state index < -0.39 is 12.0 Å². The van der Waals surface area contributed by atoms with Crippen molar-refractivity contribution in [2.24, 2.45) is 0 Å². The molecular weight excluding hydrogens is 202 g/mol. The fourth-order valence-electron chi connectivity index (χ4n) is 1.61. The van der Waals surface area contributed by atoms with Crippen LogP contribution in [0.15, 0.2) is 43.0 Å². The van der Waals surface area contributed by atoms with Gasteiger partial charge in [0.15, 0.2) is 0 Å². The van der Waals surface area contributed by atoms with E-state index in [1.165, 1.54) is 0 Å². The first-order chi connectivity index (χ1) is 7.65. The fourth-order valence-corrected chi connectivity index (χ4v) is 1.61. The second kappa shape index (κ2) is 6.08.